The SMILES string of the molecule is Cc1cccc(NC(=O)Cn2c(=O)n(-c3cccc(C(F)(F)F)c3)c(=O)c3ccccc32)c1. The van der Waals surface area contributed by atoms with Crippen LogP contribution in [0.15, 0.2) is 82.4 Å². The van der Waals surface area contributed by atoms with Gasteiger partial charge in [-0.05, 0) is 55.0 Å². The first-order valence-corrected chi connectivity index (χ1v) is 9.94. The Balaban J connectivity index is 1.85. The summed E-state index contributed by atoms with van der Waals surface area (Å²) in [5.41, 5.74) is -1.27. The molecule has 1 amide bonds. The lowest BCUT2D eigenvalue weighted by Crippen LogP contribution is -2.40. The van der Waals surface area contributed by atoms with Crippen molar-refractivity contribution < 1.29 is 18.0 Å². The van der Waals surface area contributed by atoms with Crippen LogP contribution in [0, 0.1) is 6.92 Å². The van der Waals surface area contributed by atoms with Crippen LogP contribution in [0.2, 0.25) is 0 Å². The number of carbonyl (C=O) groups is 1. The van der Waals surface area contributed by atoms with Crippen molar-refractivity contribution in [1.82, 2.24) is 9.13 Å². The van der Waals surface area contributed by atoms with Crippen molar-refractivity contribution in [2.24, 2.45) is 0 Å². The number of alkyl halides is 3. The molecule has 0 aliphatic heterocycles. The third kappa shape index (κ3) is 4.43. The van der Waals surface area contributed by atoms with Gasteiger partial charge in [0, 0.05) is 5.69 Å². The molecule has 3 aromatic carbocycles. The molecule has 4 rings (SSSR count). The summed E-state index contributed by atoms with van der Waals surface area (Å²) in [7, 11) is 0. The van der Waals surface area contributed by atoms with Gasteiger partial charge in [0.25, 0.3) is 5.56 Å². The monoisotopic (exact) mass is 453 g/mol. The minimum atomic E-state index is -4.65. The van der Waals surface area contributed by atoms with Gasteiger partial charge in [0.1, 0.15) is 6.54 Å². The number of hydrogen-bond acceptors (Lipinski definition) is 3. The number of para-hydroxylation sites is 1. The molecular weight excluding hydrogens is 435 g/mol. The average molecular weight is 453 g/mol. The summed E-state index contributed by atoms with van der Waals surface area (Å²) in [5, 5.41) is 2.79. The van der Waals surface area contributed by atoms with Crippen molar-refractivity contribution >= 4 is 22.5 Å². The first kappa shape index (κ1) is 22.1. The van der Waals surface area contributed by atoms with Crippen molar-refractivity contribution in [2.75, 3.05) is 5.32 Å². The van der Waals surface area contributed by atoms with Crippen molar-refractivity contribution in [1.29, 1.82) is 0 Å². The minimum Gasteiger partial charge on any atom is -0.325 e. The fraction of sp³-hybridized carbons (Fsp3) is 0.125. The van der Waals surface area contributed by atoms with Gasteiger partial charge in [0.05, 0.1) is 22.2 Å². The highest BCUT2D eigenvalue weighted by molar-refractivity contribution is 5.91. The van der Waals surface area contributed by atoms with Gasteiger partial charge < -0.3 is 5.32 Å². The van der Waals surface area contributed by atoms with Crippen LogP contribution in [0.4, 0.5) is 18.9 Å². The molecule has 1 N–H and O–H groups in total. The summed E-state index contributed by atoms with van der Waals surface area (Å²) >= 11 is 0. The Bertz CT molecular complexity index is 1490. The average Bonchev–Trinajstić information content (AvgIpc) is 2.76. The third-order valence-electron chi connectivity index (χ3n) is 5.09. The maximum Gasteiger partial charge on any atom is 0.416 e. The van der Waals surface area contributed by atoms with E-state index in [1.807, 2.05) is 13.0 Å². The molecule has 168 valence electrons. The summed E-state index contributed by atoms with van der Waals surface area (Å²) in [4.78, 5) is 39.0. The molecule has 1 aromatic heterocycles. The number of hydrogen-bond donors (Lipinski definition) is 1. The predicted octanol–water partition coefficient (Wildman–Crippen LogP) is 4.12. The molecule has 6 nitrogen and oxygen atoms in total. The van der Waals surface area contributed by atoms with Gasteiger partial charge in [-0.15, -0.1) is 0 Å². The second-order valence-corrected chi connectivity index (χ2v) is 7.49. The Hall–Kier alpha value is -4.14. The van der Waals surface area contributed by atoms with Crippen molar-refractivity contribution in [3.05, 3.63) is 105 Å². The molecule has 0 spiro atoms. The summed E-state index contributed by atoms with van der Waals surface area (Å²) in [6.07, 6.45) is -4.65. The topological polar surface area (TPSA) is 73.1 Å². The van der Waals surface area contributed by atoms with E-state index in [1.54, 1.807) is 30.3 Å². The summed E-state index contributed by atoms with van der Waals surface area (Å²) < 4.78 is 41.3. The van der Waals surface area contributed by atoms with Crippen LogP contribution in [-0.4, -0.2) is 15.0 Å². The molecule has 4 aromatic rings. The van der Waals surface area contributed by atoms with E-state index in [0.717, 1.165) is 28.3 Å². The standard InChI is InChI=1S/C24H18F3N3O3/c1-15-6-4-8-17(12-15)28-21(31)14-29-20-11-3-2-10-19(20)22(32)30(23(29)33)18-9-5-7-16(13-18)24(25,26)27/h2-13H,14H2,1H3,(H,28,31). The fourth-order valence-corrected chi connectivity index (χ4v) is 3.59. The molecule has 0 unspecified atom stereocenters. The molecule has 0 saturated heterocycles. The van der Waals surface area contributed by atoms with E-state index < -0.39 is 35.4 Å². The minimum absolute atomic E-state index is 0.0952. The van der Waals surface area contributed by atoms with Crippen molar-refractivity contribution in [3.63, 3.8) is 0 Å². The number of anilines is 1. The number of halogens is 3. The van der Waals surface area contributed by atoms with Gasteiger partial charge in [-0.2, -0.15) is 13.2 Å². The molecule has 0 aliphatic rings. The number of nitrogens with zero attached hydrogens (tertiary/aromatic N) is 2. The Morgan fingerprint density at radius 2 is 1.67 bits per heavy atom. The molecule has 0 fully saturated rings. The van der Waals surface area contributed by atoms with Gasteiger partial charge in [-0.3, -0.25) is 14.2 Å². The lowest BCUT2D eigenvalue weighted by atomic mass is 10.2. The molecule has 33 heavy (non-hydrogen) atoms. The molecule has 0 atom stereocenters. The Morgan fingerprint density at radius 1 is 0.939 bits per heavy atom. The molecule has 0 bridgehead atoms. The number of rotatable bonds is 4. The number of benzene rings is 3. The van der Waals surface area contributed by atoms with Gasteiger partial charge in [-0.1, -0.05) is 30.3 Å². The lowest BCUT2D eigenvalue weighted by molar-refractivity contribution is -0.137. The van der Waals surface area contributed by atoms with Crippen LogP contribution < -0.4 is 16.6 Å². The van der Waals surface area contributed by atoms with Crippen LogP contribution in [0.25, 0.3) is 16.6 Å². The highest BCUT2D eigenvalue weighted by Crippen LogP contribution is 2.30. The third-order valence-corrected chi connectivity index (χ3v) is 5.09. The zero-order chi connectivity index (χ0) is 23.8. The van der Waals surface area contributed by atoms with Crippen LogP contribution in [0.1, 0.15) is 11.1 Å². The van der Waals surface area contributed by atoms with Gasteiger partial charge in [-0.25, -0.2) is 9.36 Å². The first-order chi connectivity index (χ1) is 15.6. The predicted molar refractivity (Wildman–Crippen MR) is 119 cm³/mol. The summed E-state index contributed by atoms with van der Waals surface area (Å²) in [5.74, 6) is -0.526. The summed E-state index contributed by atoms with van der Waals surface area (Å²) in [6.45, 7) is 1.42. The highest BCUT2D eigenvalue weighted by atomic mass is 19.4. The van der Waals surface area contributed by atoms with Gasteiger partial charge in [0.2, 0.25) is 5.91 Å². The van der Waals surface area contributed by atoms with E-state index in [4.69, 9.17) is 0 Å². The molecule has 0 radical (unpaired) electrons. The quantitative estimate of drug-likeness (QED) is 0.505. The number of amides is 1. The van der Waals surface area contributed by atoms with E-state index in [9.17, 15) is 27.6 Å². The number of nitrogens with one attached hydrogen (secondary N) is 1. The smallest absolute Gasteiger partial charge is 0.325 e. The van der Waals surface area contributed by atoms with Crippen LogP contribution in [-0.2, 0) is 17.5 Å². The molecular formula is C24H18F3N3O3. The van der Waals surface area contributed by atoms with Crippen LogP contribution in [0.3, 0.4) is 0 Å². The van der Waals surface area contributed by atoms with E-state index >= 15 is 0 Å². The fourth-order valence-electron chi connectivity index (χ4n) is 3.59. The van der Waals surface area contributed by atoms with Gasteiger partial charge in [0.15, 0.2) is 0 Å². The summed E-state index contributed by atoms with van der Waals surface area (Å²) in [6, 6.07) is 17.1. The molecule has 9 heteroatoms. The second-order valence-electron chi connectivity index (χ2n) is 7.49. The zero-order valence-corrected chi connectivity index (χ0v) is 17.4. The lowest BCUT2D eigenvalue weighted by Gasteiger charge is -2.15. The number of carbonyl (C=O) groups excluding carboxylic acids is 1. The van der Waals surface area contributed by atoms with E-state index in [-0.39, 0.29) is 16.6 Å². The first-order valence-electron chi connectivity index (χ1n) is 9.94. The molecule has 1 heterocycles. The van der Waals surface area contributed by atoms with E-state index in [1.165, 1.54) is 18.2 Å². The number of aryl methyl sites for hydroxylation is 1. The Kier molecular flexibility index (Phi) is 5.63. The maximum atomic E-state index is 13.3. The maximum absolute atomic E-state index is 13.3. The number of aromatic nitrogens is 2. The van der Waals surface area contributed by atoms with Crippen LogP contribution >= 0.6 is 0 Å². The molecule has 0 saturated carbocycles. The second kappa shape index (κ2) is 8.42. The van der Waals surface area contributed by atoms with Gasteiger partial charge >= 0.3 is 11.9 Å². The number of fused-ring (bicyclic) bond motifs is 1. The Morgan fingerprint density at radius 3 is 2.39 bits per heavy atom. The highest BCUT2D eigenvalue weighted by Gasteiger charge is 2.31. The zero-order valence-electron chi connectivity index (χ0n) is 17.4. The van der Waals surface area contributed by atoms with Crippen molar-refractivity contribution in [3.8, 4) is 5.69 Å². The van der Waals surface area contributed by atoms with Crippen molar-refractivity contribution in [2.45, 2.75) is 19.6 Å². The van der Waals surface area contributed by atoms with E-state index in [2.05, 4.69) is 5.32 Å². The molecule has 0 aliphatic carbocycles. The van der Waals surface area contributed by atoms with Crippen LogP contribution in [0.5, 0.6) is 0 Å². The largest absolute Gasteiger partial charge is 0.416 e. The Labute approximate surface area is 185 Å². The van der Waals surface area contributed by atoms with E-state index in [0.29, 0.717) is 10.3 Å². The normalized spacial score (nSPS) is 11.5.